The van der Waals surface area contributed by atoms with Gasteiger partial charge in [-0.15, -0.1) is 0 Å². The van der Waals surface area contributed by atoms with Gasteiger partial charge in [0.05, 0.1) is 5.52 Å². The molecule has 2 aromatic rings. The Labute approximate surface area is 125 Å². The molecule has 0 saturated carbocycles. The Hall–Kier alpha value is -1.60. The summed E-state index contributed by atoms with van der Waals surface area (Å²) in [6, 6.07) is 0. The largest absolute Gasteiger partial charge is 0.358 e. The van der Waals surface area contributed by atoms with E-state index in [4.69, 9.17) is 0 Å². The maximum Gasteiger partial charge on any atom is 0.199 e. The number of hydrogen-bond donors (Lipinski definition) is 2. The summed E-state index contributed by atoms with van der Waals surface area (Å²) in [7, 11) is 0. The topological polar surface area (TPSA) is 31.1 Å². The zero-order valence-corrected chi connectivity index (χ0v) is 12.0. The van der Waals surface area contributed by atoms with Gasteiger partial charge in [0.15, 0.2) is 23.3 Å². The van der Waals surface area contributed by atoms with Crippen LogP contribution in [0.15, 0.2) is 6.20 Å². The summed E-state index contributed by atoms with van der Waals surface area (Å²) in [6.45, 7) is 4.63. The van der Waals surface area contributed by atoms with Gasteiger partial charge < -0.3 is 15.2 Å². The minimum Gasteiger partial charge on any atom is -0.358 e. The summed E-state index contributed by atoms with van der Waals surface area (Å²) in [5.74, 6) is -6.23. The normalized spacial score (nSPS) is 16.5. The number of piperazine rings is 1. The fraction of sp³-hybridized carbons (Fsp3) is 0.467. The van der Waals surface area contributed by atoms with Crippen molar-refractivity contribution in [1.82, 2.24) is 15.2 Å². The molecule has 1 aliphatic heterocycles. The standard InChI is InChI=1S/C15H17F4N3/c16-11-10-9(2-1-5-22-6-3-20-4-7-22)8-21-15(10)14(19)13(18)12(11)17/h8,20-21H,1-7H2. The Kier molecular flexibility index (Phi) is 4.35. The molecule has 1 aromatic heterocycles. The Morgan fingerprint density at radius 1 is 0.955 bits per heavy atom. The number of fused-ring (bicyclic) bond motifs is 1. The number of rotatable bonds is 4. The van der Waals surface area contributed by atoms with Crippen LogP contribution in [0.3, 0.4) is 0 Å². The molecule has 2 heterocycles. The van der Waals surface area contributed by atoms with Crippen molar-refractivity contribution < 1.29 is 17.6 Å². The molecule has 0 amide bonds. The van der Waals surface area contributed by atoms with E-state index in [1.54, 1.807) is 0 Å². The number of halogens is 4. The van der Waals surface area contributed by atoms with Crippen molar-refractivity contribution in [3.63, 3.8) is 0 Å². The van der Waals surface area contributed by atoms with E-state index in [1.807, 2.05) is 0 Å². The number of H-pyrrole nitrogens is 1. The maximum absolute atomic E-state index is 13.9. The van der Waals surface area contributed by atoms with Gasteiger partial charge in [-0.3, -0.25) is 0 Å². The van der Waals surface area contributed by atoms with E-state index in [-0.39, 0.29) is 10.9 Å². The number of nitrogens with one attached hydrogen (secondary N) is 2. The van der Waals surface area contributed by atoms with Gasteiger partial charge in [-0.1, -0.05) is 0 Å². The van der Waals surface area contributed by atoms with Gasteiger partial charge in [0.2, 0.25) is 0 Å². The van der Waals surface area contributed by atoms with Gasteiger partial charge in [0, 0.05) is 37.8 Å². The zero-order chi connectivity index (χ0) is 15.7. The van der Waals surface area contributed by atoms with Crippen LogP contribution in [0, 0.1) is 23.3 Å². The number of nitrogens with zero attached hydrogens (tertiary/aromatic N) is 1. The molecular formula is C15H17F4N3. The third-order valence-electron chi connectivity index (χ3n) is 4.11. The molecule has 0 bridgehead atoms. The van der Waals surface area contributed by atoms with E-state index in [0.717, 1.165) is 39.1 Å². The Morgan fingerprint density at radius 2 is 1.64 bits per heavy atom. The fourth-order valence-corrected chi connectivity index (χ4v) is 2.93. The minimum absolute atomic E-state index is 0.184. The highest BCUT2D eigenvalue weighted by Crippen LogP contribution is 2.29. The number of aromatic nitrogens is 1. The summed E-state index contributed by atoms with van der Waals surface area (Å²) in [6.07, 6.45) is 2.64. The maximum atomic E-state index is 13.9. The molecule has 1 fully saturated rings. The van der Waals surface area contributed by atoms with Gasteiger partial charge in [-0.05, 0) is 24.9 Å². The summed E-state index contributed by atoms with van der Waals surface area (Å²) in [5, 5.41) is 3.07. The molecule has 0 spiro atoms. The van der Waals surface area contributed by atoms with Gasteiger partial charge in [0.25, 0.3) is 0 Å². The molecule has 22 heavy (non-hydrogen) atoms. The Morgan fingerprint density at radius 3 is 2.36 bits per heavy atom. The summed E-state index contributed by atoms with van der Waals surface area (Å²) >= 11 is 0. The van der Waals surface area contributed by atoms with Crippen LogP contribution >= 0.6 is 0 Å². The molecule has 0 aliphatic carbocycles. The summed E-state index contributed by atoms with van der Waals surface area (Å²) < 4.78 is 54.1. The summed E-state index contributed by atoms with van der Waals surface area (Å²) in [4.78, 5) is 4.79. The van der Waals surface area contributed by atoms with Gasteiger partial charge in [-0.25, -0.2) is 17.6 Å². The van der Waals surface area contributed by atoms with E-state index in [2.05, 4.69) is 15.2 Å². The number of hydrogen-bond acceptors (Lipinski definition) is 2. The van der Waals surface area contributed by atoms with E-state index < -0.39 is 23.3 Å². The van der Waals surface area contributed by atoms with E-state index >= 15 is 0 Å². The van der Waals surface area contributed by atoms with Crippen molar-refractivity contribution >= 4 is 10.9 Å². The zero-order valence-electron chi connectivity index (χ0n) is 12.0. The summed E-state index contributed by atoms with van der Waals surface area (Å²) in [5.41, 5.74) is 0.161. The molecule has 7 heteroatoms. The predicted octanol–water partition coefficient (Wildman–Crippen LogP) is 2.56. The number of aryl methyl sites for hydroxylation is 1. The van der Waals surface area contributed by atoms with E-state index in [1.165, 1.54) is 6.20 Å². The van der Waals surface area contributed by atoms with Crippen LogP contribution in [-0.4, -0.2) is 42.6 Å². The molecule has 0 radical (unpaired) electrons. The molecule has 120 valence electrons. The second-order valence-electron chi connectivity index (χ2n) is 5.52. The minimum atomic E-state index is -1.78. The highest BCUT2D eigenvalue weighted by atomic mass is 19.2. The van der Waals surface area contributed by atoms with Crippen molar-refractivity contribution in [2.75, 3.05) is 32.7 Å². The van der Waals surface area contributed by atoms with Gasteiger partial charge in [-0.2, -0.15) is 0 Å². The van der Waals surface area contributed by atoms with E-state index in [9.17, 15) is 17.6 Å². The lowest BCUT2D eigenvalue weighted by atomic mass is 10.1. The monoisotopic (exact) mass is 315 g/mol. The van der Waals surface area contributed by atoms with Crippen LogP contribution in [-0.2, 0) is 6.42 Å². The molecule has 3 nitrogen and oxygen atoms in total. The highest BCUT2D eigenvalue weighted by molar-refractivity contribution is 5.84. The highest BCUT2D eigenvalue weighted by Gasteiger charge is 2.23. The van der Waals surface area contributed by atoms with Crippen LogP contribution in [0.2, 0.25) is 0 Å². The molecule has 0 atom stereocenters. The lowest BCUT2D eigenvalue weighted by Gasteiger charge is -2.26. The molecule has 2 N–H and O–H groups in total. The SMILES string of the molecule is Fc1c(F)c(F)c2c(CCCN3CCNCC3)c[nH]c2c1F. The molecule has 1 aliphatic rings. The second kappa shape index (κ2) is 6.26. The first-order valence-electron chi connectivity index (χ1n) is 7.34. The van der Waals surface area contributed by atoms with Crippen molar-refractivity contribution in [1.29, 1.82) is 0 Å². The number of benzene rings is 1. The van der Waals surface area contributed by atoms with Crippen molar-refractivity contribution in [3.8, 4) is 0 Å². The van der Waals surface area contributed by atoms with Gasteiger partial charge >= 0.3 is 0 Å². The van der Waals surface area contributed by atoms with Crippen molar-refractivity contribution in [3.05, 3.63) is 35.0 Å². The van der Waals surface area contributed by atoms with Crippen molar-refractivity contribution in [2.24, 2.45) is 0 Å². The molecule has 0 unspecified atom stereocenters. The predicted molar refractivity (Wildman–Crippen MR) is 75.8 cm³/mol. The lowest BCUT2D eigenvalue weighted by molar-refractivity contribution is 0.238. The Balaban J connectivity index is 1.77. The third-order valence-corrected chi connectivity index (χ3v) is 4.11. The first kappa shape index (κ1) is 15.3. The average Bonchev–Trinajstić information content (AvgIpc) is 2.96. The molecule has 1 saturated heterocycles. The lowest BCUT2D eigenvalue weighted by Crippen LogP contribution is -2.43. The molecule has 1 aromatic carbocycles. The fourth-order valence-electron chi connectivity index (χ4n) is 2.93. The van der Waals surface area contributed by atoms with E-state index in [0.29, 0.717) is 12.0 Å². The smallest absolute Gasteiger partial charge is 0.199 e. The van der Waals surface area contributed by atoms with Crippen molar-refractivity contribution in [2.45, 2.75) is 12.8 Å². The van der Waals surface area contributed by atoms with Gasteiger partial charge in [0.1, 0.15) is 0 Å². The first-order chi connectivity index (χ1) is 10.6. The Bertz CT molecular complexity index is 677. The third kappa shape index (κ3) is 2.70. The second-order valence-corrected chi connectivity index (χ2v) is 5.52. The average molecular weight is 315 g/mol. The molecule has 3 rings (SSSR count). The van der Waals surface area contributed by atoms with Crippen LogP contribution in [0.25, 0.3) is 10.9 Å². The van der Waals surface area contributed by atoms with Crippen LogP contribution < -0.4 is 5.32 Å². The van der Waals surface area contributed by atoms with Crippen LogP contribution in [0.4, 0.5) is 17.6 Å². The first-order valence-corrected chi connectivity index (χ1v) is 7.34. The quantitative estimate of drug-likeness (QED) is 0.516. The molecular weight excluding hydrogens is 298 g/mol. The number of aromatic amines is 1. The van der Waals surface area contributed by atoms with Crippen LogP contribution in [0.1, 0.15) is 12.0 Å². The van der Waals surface area contributed by atoms with Crippen LogP contribution in [0.5, 0.6) is 0 Å².